The van der Waals surface area contributed by atoms with E-state index in [4.69, 9.17) is 5.26 Å². The number of hydrogen-bond donors (Lipinski definition) is 0. The van der Waals surface area contributed by atoms with Gasteiger partial charge in [-0.15, -0.1) is 11.3 Å². The molecule has 2 heterocycles. The molecule has 0 spiro atoms. The topological polar surface area (TPSA) is 52.8 Å². The van der Waals surface area contributed by atoms with E-state index in [9.17, 15) is 0 Å². The number of fused-ring (bicyclic) bond motifs is 1. The van der Waals surface area contributed by atoms with Gasteiger partial charge in [-0.1, -0.05) is 0 Å². The predicted octanol–water partition coefficient (Wildman–Crippen LogP) is 3.05. The van der Waals surface area contributed by atoms with E-state index < -0.39 is 0 Å². The third kappa shape index (κ3) is 2.56. The van der Waals surface area contributed by atoms with Gasteiger partial charge in [0, 0.05) is 19.0 Å². The van der Waals surface area contributed by atoms with Gasteiger partial charge in [0.15, 0.2) is 0 Å². The Morgan fingerprint density at radius 2 is 2.41 bits per heavy atom. The van der Waals surface area contributed by atoms with E-state index in [1.807, 2.05) is 30.4 Å². The minimum atomic E-state index is -0.0368. The molecule has 0 saturated carbocycles. The van der Waals surface area contributed by atoms with E-state index in [-0.39, 0.29) is 5.92 Å². The molecule has 0 aliphatic rings. The van der Waals surface area contributed by atoms with Crippen LogP contribution in [0.25, 0.3) is 10.2 Å². The molecule has 0 radical (unpaired) electrons. The Labute approximate surface area is 112 Å². The van der Waals surface area contributed by atoms with Crippen LogP contribution in [0.1, 0.15) is 6.92 Å². The summed E-state index contributed by atoms with van der Waals surface area (Å²) in [6.07, 6.45) is 1.82. The van der Waals surface area contributed by atoms with E-state index in [0.717, 1.165) is 14.7 Å². The number of aromatic nitrogens is 2. The van der Waals surface area contributed by atoms with Crippen LogP contribution in [0.2, 0.25) is 0 Å². The largest absolute Gasteiger partial charge is 0.343 e. The number of hydrogen-bond acceptors (Lipinski definition) is 5. The summed E-state index contributed by atoms with van der Waals surface area (Å²) in [5.41, 5.74) is 0.927. The van der Waals surface area contributed by atoms with Crippen molar-refractivity contribution >= 4 is 43.4 Å². The number of rotatable bonds is 3. The smallest absolute Gasteiger partial charge is 0.225 e. The van der Waals surface area contributed by atoms with Crippen LogP contribution >= 0.6 is 27.3 Å². The van der Waals surface area contributed by atoms with Crippen LogP contribution in [0.4, 0.5) is 5.95 Å². The number of thiophene rings is 1. The molecule has 88 valence electrons. The Morgan fingerprint density at radius 1 is 1.65 bits per heavy atom. The van der Waals surface area contributed by atoms with Crippen molar-refractivity contribution in [3.8, 4) is 6.07 Å². The highest BCUT2D eigenvalue weighted by Gasteiger charge is 2.11. The molecule has 1 atom stereocenters. The monoisotopic (exact) mass is 310 g/mol. The van der Waals surface area contributed by atoms with E-state index >= 15 is 0 Å². The SMILES string of the molecule is CC(C#N)CN(C)c1ncc2scc(Br)c2n1. The van der Waals surface area contributed by atoms with Crippen molar-refractivity contribution in [2.24, 2.45) is 5.92 Å². The van der Waals surface area contributed by atoms with Gasteiger partial charge in [-0.3, -0.25) is 0 Å². The summed E-state index contributed by atoms with van der Waals surface area (Å²) in [7, 11) is 1.90. The van der Waals surface area contributed by atoms with Crippen molar-refractivity contribution in [1.82, 2.24) is 9.97 Å². The van der Waals surface area contributed by atoms with Gasteiger partial charge < -0.3 is 4.90 Å². The molecular weight excluding hydrogens is 300 g/mol. The van der Waals surface area contributed by atoms with Crippen LogP contribution in [0.15, 0.2) is 16.0 Å². The quantitative estimate of drug-likeness (QED) is 0.874. The van der Waals surface area contributed by atoms with Gasteiger partial charge in [-0.05, 0) is 22.9 Å². The summed E-state index contributed by atoms with van der Waals surface area (Å²) in [5.74, 6) is 0.615. The first-order chi connectivity index (χ1) is 8.11. The molecule has 2 aromatic rings. The number of anilines is 1. The van der Waals surface area contributed by atoms with Crippen molar-refractivity contribution in [2.45, 2.75) is 6.92 Å². The molecule has 4 nitrogen and oxygen atoms in total. The van der Waals surface area contributed by atoms with Crippen molar-refractivity contribution in [2.75, 3.05) is 18.5 Å². The van der Waals surface area contributed by atoms with Crippen molar-refractivity contribution in [3.05, 3.63) is 16.0 Å². The van der Waals surface area contributed by atoms with Crippen molar-refractivity contribution < 1.29 is 0 Å². The number of halogens is 1. The number of nitrogens with zero attached hydrogens (tertiary/aromatic N) is 4. The van der Waals surface area contributed by atoms with Crippen LogP contribution < -0.4 is 4.90 Å². The van der Waals surface area contributed by atoms with Crippen LogP contribution in [0.3, 0.4) is 0 Å². The number of nitriles is 1. The molecule has 0 N–H and O–H groups in total. The molecule has 17 heavy (non-hydrogen) atoms. The van der Waals surface area contributed by atoms with E-state index in [1.165, 1.54) is 0 Å². The minimum Gasteiger partial charge on any atom is -0.343 e. The summed E-state index contributed by atoms with van der Waals surface area (Å²) >= 11 is 5.07. The van der Waals surface area contributed by atoms with Gasteiger partial charge in [0.1, 0.15) is 5.52 Å². The molecule has 2 aromatic heterocycles. The average Bonchev–Trinajstić information content (AvgIpc) is 2.70. The van der Waals surface area contributed by atoms with Gasteiger partial charge in [0.05, 0.1) is 27.4 Å². The van der Waals surface area contributed by atoms with Gasteiger partial charge in [0.2, 0.25) is 5.95 Å². The second kappa shape index (κ2) is 4.98. The van der Waals surface area contributed by atoms with Crippen molar-refractivity contribution in [3.63, 3.8) is 0 Å². The summed E-state index contributed by atoms with van der Waals surface area (Å²) in [4.78, 5) is 10.7. The van der Waals surface area contributed by atoms with Crippen LogP contribution in [0.5, 0.6) is 0 Å². The average molecular weight is 311 g/mol. The molecule has 0 saturated heterocycles. The predicted molar refractivity (Wildman–Crippen MR) is 73.2 cm³/mol. The molecule has 6 heteroatoms. The molecule has 0 aliphatic heterocycles. The van der Waals surface area contributed by atoms with Gasteiger partial charge >= 0.3 is 0 Å². The summed E-state index contributed by atoms with van der Waals surface area (Å²) < 4.78 is 2.05. The second-order valence-electron chi connectivity index (χ2n) is 3.88. The Morgan fingerprint density at radius 3 is 3.12 bits per heavy atom. The fourth-order valence-electron chi connectivity index (χ4n) is 1.51. The Kier molecular flexibility index (Phi) is 3.60. The molecule has 2 rings (SSSR count). The maximum Gasteiger partial charge on any atom is 0.225 e. The van der Waals surface area contributed by atoms with Gasteiger partial charge in [0.25, 0.3) is 0 Å². The molecule has 0 amide bonds. The summed E-state index contributed by atoms with van der Waals surface area (Å²) in [6, 6.07) is 2.20. The molecular formula is C11H11BrN4S. The first kappa shape index (κ1) is 12.3. The lowest BCUT2D eigenvalue weighted by molar-refractivity contribution is 0.704. The van der Waals surface area contributed by atoms with Crippen molar-refractivity contribution in [1.29, 1.82) is 5.26 Å². The standard InChI is InChI=1S/C11H11BrN4S/c1-7(3-13)5-16(2)11-14-4-9-10(15-11)8(12)6-17-9/h4,6-7H,5H2,1-2H3. The zero-order valence-corrected chi connectivity index (χ0v) is 11.9. The van der Waals surface area contributed by atoms with E-state index in [1.54, 1.807) is 11.3 Å². The fourth-order valence-corrected chi connectivity index (χ4v) is 2.94. The highest BCUT2D eigenvalue weighted by molar-refractivity contribution is 9.10. The third-order valence-electron chi connectivity index (χ3n) is 2.37. The maximum atomic E-state index is 8.79. The molecule has 0 fully saturated rings. The Bertz CT molecular complexity index is 574. The summed E-state index contributed by atoms with van der Waals surface area (Å²) in [5, 5.41) is 10.8. The lowest BCUT2D eigenvalue weighted by atomic mass is 10.2. The Hall–Kier alpha value is -1.19. The minimum absolute atomic E-state index is 0.0368. The lowest BCUT2D eigenvalue weighted by Crippen LogP contribution is -2.25. The first-order valence-electron chi connectivity index (χ1n) is 5.12. The normalized spacial score (nSPS) is 12.4. The zero-order valence-electron chi connectivity index (χ0n) is 9.51. The maximum absolute atomic E-state index is 8.79. The Balaban J connectivity index is 2.29. The van der Waals surface area contributed by atoms with Gasteiger partial charge in [-0.2, -0.15) is 5.26 Å². The van der Waals surface area contributed by atoms with E-state index in [0.29, 0.717) is 12.5 Å². The molecule has 0 aliphatic carbocycles. The molecule has 0 bridgehead atoms. The molecule has 0 aromatic carbocycles. The van der Waals surface area contributed by atoms with Gasteiger partial charge in [-0.25, -0.2) is 9.97 Å². The third-order valence-corrected chi connectivity index (χ3v) is 4.18. The second-order valence-corrected chi connectivity index (χ2v) is 5.64. The highest BCUT2D eigenvalue weighted by atomic mass is 79.9. The van der Waals surface area contributed by atoms with E-state index in [2.05, 4.69) is 32.0 Å². The fraction of sp³-hybridized carbons (Fsp3) is 0.364. The lowest BCUT2D eigenvalue weighted by Gasteiger charge is -2.17. The first-order valence-corrected chi connectivity index (χ1v) is 6.79. The van der Waals surface area contributed by atoms with Crippen LogP contribution in [-0.4, -0.2) is 23.6 Å². The highest BCUT2D eigenvalue weighted by Crippen LogP contribution is 2.29. The zero-order chi connectivity index (χ0) is 12.4. The molecule has 1 unspecified atom stereocenters. The van der Waals surface area contributed by atoms with Crippen LogP contribution in [0, 0.1) is 17.2 Å². The summed E-state index contributed by atoms with van der Waals surface area (Å²) in [6.45, 7) is 2.51. The van der Waals surface area contributed by atoms with Crippen LogP contribution in [-0.2, 0) is 0 Å².